The molecule has 0 N–H and O–H groups in total. The third-order valence-electron chi connectivity index (χ3n) is 3.57. The first kappa shape index (κ1) is 14.1. The molecule has 0 heterocycles. The number of carbonyl (C=O) groups excluding carboxylic acids is 1. The molecule has 1 aromatic rings. The lowest BCUT2D eigenvalue weighted by Crippen LogP contribution is -2.24. The minimum atomic E-state index is -0.702. The summed E-state index contributed by atoms with van der Waals surface area (Å²) in [5.74, 6) is -1.22. The lowest BCUT2D eigenvalue weighted by molar-refractivity contribution is 0.0180. The molecule has 4 heteroatoms. The van der Waals surface area contributed by atoms with Gasteiger partial charge in [-0.15, -0.1) is 0 Å². The lowest BCUT2D eigenvalue weighted by atomic mass is 9.89. The number of ether oxygens (including phenoxy) is 1. The summed E-state index contributed by atoms with van der Waals surface area (Å²) in [6.07, 6.45) is 4.20. The van der Waals surface area contributed by atoms with Gasteiger partial charge in [-0.1, -0.05) is 19.8 Å². The zero-order valence-electron chi connectivity index (χ0n) is 11.0. The minimum absolute atomic E-state index is 0.0596. The number of ketones is 1. The smallest absolute Gasteiger partial charge is 0.191 e. The van der Waals surface area contributed by atoms with Gasteiger partial charge in [-0.3, -0.25) is 4.79 Å². The molecule has 2 unspecified atom stereocenters. The standard InChI is InChI=1S/C15H18F2O2/c1-10-3-2-4-12(7-10)19-9-15(18)13-8-11(16)5-6-14(13)17/h5-6,8,10,12H,2-4,7,9H2,1H3. The SMILES string of the molecule is CC1CCCC(OCC(=O)c2cc(F)ccc2F)C1. The fourth-order valence-corrected chi connectivity index (χ4v) is 2.51. The van der Waals surface area contributed by atoms with Gasteiger partial charge in [-0.05, 0) is 37.0 Å². The maximum Gasteiger partial charge on any atom is 0.191 e. The van der Waals surface area contributed by atoms with E-state index in [1.807, 2.05) is 0 Å². The van der Waals surface area contributed by atoms with Gasteiger partial charge in [0.1, 0.15) is 18.2 Å². The van der Waals surface area contributed by atoms with E-state index in [1.165, 1.54) is 6.42 Å². The predicted molar refractivity (Wildman–Crippen MR) is 68.1 cm³/mol. The van der Waals surface area contributed by atoms with Crippen LogP contribution in [0.4, 0.5) is 8.78 Å². The molecular formula is C15H18F2O2. The summed E-state index contributed by atoms with van der Waals surface area (Å²) < 4.78 is 31.9. The maximum absolute atomic E-state index is 13.4. The van der Waals surface area contributed by atoms with Gasteiger partial charge in [0.05, 0.1) is 11.7 Å². The van der Waals surface area contributed by atoms with Crippen molar-refractivity contribution in [2.45, 2.75) is 38.7 Å². The van der Waals surface area contributed by atoms with Crippen LogP contribution in [-0.2, 0) is 4.74 Å². The van der Waals surface area contributed by atoms with Crippen molar-refractivity contribution < 1.29 is 18.3 Å². The van der Waals surface area contributed by atoms with E-state index >= 15 is 0 Å². The van der Waals surface area contributed by atoms with Crippen molar-refractivity contribution in [1.29, 1.82) is 0 Å². The minimum Gasteiger partial charge on any atom is -0.370 e. The largest absolute Gasteiger partial charge is 0.370 e. The highest BCUT2D eigenvalue weighted by atomic mass is 19.1. The van der Waals surface area contributed by atoms with Crippen LogP contribution in [0.1, 0.15) is 43.0 Å². The third kappa shape index (κ3) is 3.83. The Kier molecular flexibility index (Phi) is 4.64. The fourth-order valence-electron chi connectivity index (χ4n) is 2.51. The Morgan fingerprint density at radius 2 is 2.16 bits per heavy atom. The number of Topliss-reactive ketones (excluding diaryl/α,β-unsaturated/α-hetero) is 1. The van der Waals surface area contributed by atoms with Gasteiger partial charge in [-0.2, -0.15) is 0 Å². The van der Waals surface area contributed by atoms with Crippen molar-refractivity contribution in [3.63, 3.8) is 0 Å². The zero-order chi connectivity index (χ0) is 13.8. The number of rotatable bonds is 4. The summed E-state index contributed by atoms with van der Waals surface area (Å²) in [5, 5.41) is 0. The Hall–Kier alpha value is -1.29. The van der Waals surface area contributed by atoms with Crippen LogP contribution in [0.3, 0.4) is 0 Å². The molecule has 104 valence electrons. The molecule has 0 spiro atoms. The molecule has 2 atom stereocenters. The van der Waals surface area contributed by atoms with Gasteiger partial charge in [0.15, 0.2) is 5.78 Å². The molecule has 19 heavy (non-hydrogen) atoms. The van der Waals surface area contributed by atoms with E-state index in [0.717, 1.165) is 37.5 Å². The summed E-state index contributed by atoms with van der Waals surface area (Å²) in [5.41, 5.74) is -0.233. The van der Waals surface area contributed by atoms with Gasteiger partial charge in [-0.25, -0.2) is 8.78 Å². The Labute approximate surface area is 111 Å². The molecule has 1 saturated carbocycles. The quantitative estimate of drug-likeness (QED) is 0.777. The first-order chi connectivity index (χ1) is 9.06. The molecule has 2 rings (SSSR count). The van der Waals surface area contributed by atoms with Gasteiger partial charge in [0.2, 0.25) is 0 Å². The van der Waals surface area contributed by atoms with E-state index in [2.05, 4.69) is 6.92 Å². The van der Waals surface area contributed by atoms with Gasteiger partial charge < -0.3 is 4.74 Å². The Morgan fingerprint density at radius 3 is 2.89 bits per heavy atom. The third-order valence-corrected chi connectivity index (χ3v) is 3.57. The Bertz CT molecular complexity index is 459. The normalized spacial score (nSPS) is 23.3. The van der Waals surface area contributed by atoms with Crippen molar-refractivity contribution >= 4 is 5.78 Å². The summed E-state index contributed by atoms with van der Waals surface area (Å²) >= 11 is 0. The molecule has 2 nitrogen and oxygen atoms in total. The topological polar surface area (TPSA) is 26.3 Å². The fraction of sp³-hybridized carbons (Fsp3) is 0.533. The predicted octanol–water partition coefficient (Wildman–Crippen LogP) is 3.74. The van der Waals surface area contributed by atoms with Crippen LogP contribution in [0.25, 0.3) is 0 Å². The highest BCUT2D eigenvalue weighted by Gasteiger charge is 2.21. The summed E-state index contributed by atoms with van der Waals surface area (Å²) in [4.78, 5) is 11.8. The molecule has 1 aliphatic carbocycles. The molecule has 1 fully saturated rings. The van der Waals surface area contributed by atoms with E-state index in [0.29, 0.717) is 5.92 Å². The van der Waals surface area contributed by atoms with Crippen molar-refractivity contribution in [1.82, 2.24) is 0 Å². The number of hydrogen-bond acceptors (Lipinski definition) is 2. The van der Waals surface area contributed by atoms with Crippen LogP contribution in [0.15, 0.2) is 18.2 Å². The maximum atomic E-state index is 13.4. The van der Waals surface area contributed by atoms with Crippen LogP contribution in [-0.4, -0.2) is 18.5 Å². The second kappa shape index (κ2) is 6.24. The first-order valence-electron chi connectivity index (χ1n) is 6.66. The molecular weight excluding hydrogens is 250 g/mol. The second-order valence-electron chi connectivity index (χ2n) is 5.25. The molecule has 1 aliphatic rings. The van der Waals surface area contributed by atoms with E-state index in [-0.39, 0.29) is 18.3 Å². The summed E-state index contributed by atoms with van der Waals surface area (Å²) in [6, 6.07) is 2.88. The van der Waals surface area contributed by atoms with E-state index in [4.69, 9.17) is 4.74 Å². The van der Waals surface area contributed by atoms with Crippen LogP contribution >= 0.6 is 0 Å². The Morgan fingerprint density at radius 1 is 1.37 bits per heavy atom. The Balaban J connectivity index is 1.92. The molecule has 0 aliphatic heterocycles. The molecule has 1 aromatic carbocycles. The van der Waals surface area contributed by atoms with E-state index in [9.17, 15) is 13.6 Å². The molecule has 0 saturated heterocycles. The number of hydrogen-bond donors (Lipinski definition) is 0. The van der Waals surface area contributed by atoms with Crippen molar-refractivity contribution in [2.24, 2.45) is 5.92 Å². The molecule has 0 bridgehead atoms. The highest BCUT2D eigenvalue weighted by molar-refractivity contribution is 5.97. The average Bonchev–Trinajstić information content (AvgIpc) is 2.39. The van der Waals surface area contributed by atoms with Gasteiger partial charge in [0.25, 0.3) is 0 Å². The molecule has 0 aromatic heterocycles. The summed E-state index contributed by atoms with van der Waals surface area (Å²) in [7, 11) is 0. The van der Waals surface area contributed by atoms with Crippen molar-refractivity contribution in [3.8, 4) is 0 Å². The van der Waals surface area contributed by atoms with E-state index in [1.54, 1.807) is 0 Å². The molecule has 0 amide bonds. The van der Waals surface area contributed by atoms with Gasteiger partial charge >= 0.3 is 0 Å². The van der Waals surface area contributed by atoms with Gasteiger partial charge in [0, 0.05) is 0 Å². The number of benzene rings is 1. The van der Waals surface area contributed by atoms with Crippen molar-refractivity contribution in [2.75, 3.05) is 6.61 Å². The molecule has 0 radical (unpaired) electrons. The second-order valence-corrected chi connectivity index (χ2v) is 5.25. The lowest BCUT2D eigenvalue weighted by Gasteiger charge is -2.26. The number of halogens is 2. The van der Waals surface area contributed by atoms with E-state index < -0.39 is 17.4 Å². The van der Waals surface area contributed by atoms with Crippen LogP contribution in [0.2, 0.25) is 0 Å². The van der Waals surface area contributed by atoms with Crippen LogP contribution in [0, 0.1) is 17.6 Å². The highest BCUT2D eigenvalue weighted by Crippen LogP contribution is 2.25. The van der Waals surface area contributed by atoms with Crippen LogP contribution in [0.5, 0.6) is 0 Å². The first-order valence-corrected chi connectivity index (χ1v) is 6.66. The summed E-state index contributed by atoms with van der Waals surface area (Å²) in [6.45, 7) is 1.97. The monoisotopic (exact) mass is 268 g/mol. The van der Waals surface area contributed by atoms with Crippen LogP contribution < -0.4 is 0 Å². The number of carbonyl (C=O) groups is 1. The van der Waals surface area contributed by atoms with Crippen molar-refractivity contribution in [3.05, 3.63) is 35.4 Å². The zero-order valence-corrected chi connectivity index (χ0v) is 11.0. The average molecular weight is 268 g/mol.